The summed E-state index contributed by atoms with van der Waals surface area (Å²) in [4.78, 5) is 18.8. The highest BCUT2D eigenvalue weighted by atomic mass is 16.1. The molecule has 20 heavy (non-hydrogen) atoms. The zero-order valence-electron chi connectivity index (χ0n) is 12.4. The molecule has 0 saturated carbocycles. The summed E-state index contributed by atoms with van der Waals surface area (Å²) in [7, 11) is 4.00. The van der Waals surface area contributed by atoms with E-state index < -0.39 is 0 Å². The number of hydrogen-bond acceptors (Lipinski definition) is 3. The van der Waals surface area contributed by atoms with Crippen LogP contribution in [0.4, 0.5) is 0 Å². The van der Waals surface area contributed by atoms with Crippen molar-refractivity contribution in [3.63, 3.8) is 0 Å². The zero-order chi connectivity index (χ0) is 14.7. The SMILES string of the molecule is C=Cc1c(CC)c2ccncc2c(=O)n1CCN(C)C. The third-order valence-corrected chi connectivity index (χ3v) is 3.54. The summed E-state index contributed by atoms with van der Waals surface area (Å²) in [6.45, 7) is 7.46. The molecule has 0 N–H and O–H groups in total. The minimum Gasteiger partial charge on any atom is -0.308 e. The van der Waals surface area contributed by atoms with E-state index in [1.807, 2.05) is 24.7 Å². The molecule has 4 heteroatoms. The summed E-state index contributed by atoms with van der Waals surface area (Å²) < 4.78 is 1.82. The van der Waals surface area contributed by atoms with Crippen molar-refractivity contribution >= 4 is 16.8 Å². The van der Waals surface area contributed by atoms with Gasteiger partial charge in [-0.1, -0.05) is 13.5 Å². The molecule has 0 aliphatic heterocycles. The minimum absolute atomic E-state index is 0.0158. The molecule has 0 aliphatic carbocycles. The maximum atomic E-state index is 12.6. The van der Waals surface area contributed by atoms with Crippen LogP contribution in [0.3, 0.4) is 0 Å². The fourth-order valence-corrected chi connectivity index (χ4v) is 2.51. The summed E-state index contributed by atoms with van der Waals surface area (Å²) in [5.74, 6) is 0. The average molecular weight is 271 g/mol. The van der Waals surface area contributed by atoms with E-state index in [-0.39, 0.29) is 5.56 Å². The third-order valence-electron chi connectivity index (χ3n) is 3.54. The van der Waals surface area contributed by atoms with Crippen LogP contribution in [0, 0.1) is 0 Å². The van der Waals surface area contributed by atoms with Crippen molar-refractivity contribution in [1.82, 2.24) is 14.5 Å². The van der Waals surface area contributed by atoms with E-state index >= 15 is 0 Å². The van der Waals surface area contributed by atoms with Gasteiger partial charge >= 0.3 is 0 Å². The number of rotatable bonds is 5. The largest absolute Gasteiger partial charge is 0.308 e. The monoisotopic (exact) mass is 271 g/mol. The second-order valence-corrected chi connectivity index (χ2v) is 5.10. The van der Waals surface area contributed by atoms with E-state index in [1.54, 1.807) is 18.5 Å². The van der Waals surface area contributed by atoms with Gasteiger partial charge in [0, 0.05) is 31.2 Å². The first-order valence-electron chi connectivity index (χ1n) is 6.86. The number of nitrogens with zero attached hydrogens (tertiary/aromatic N) is 3. The van der Waals surface area contributed by atoms with Gasteiger partial charge in [-0.05, 0) is 43.6 Å². The smallest absolute Gasteiger partial charge is 0.260 e. The van der Waals surface area contributed by atoms with Crippen molar-refractivity contribution in [2.75, 3.05) is 20.6 Å². The minimum atomic E-state index is 0.0158. The fourth-order valence-electron chi connectivity index (χ4n) is 2.51. The summed E-state index contributed by atoms with van der Waals surface area (Å²) in [5.41, 5.74) is 2.11. The molecule has 0 aliphatic rings. The highest BCUT2D eigenvalue weighted by Gasteiger charge is 2.13. The molecule has 106 valence electrons. The molecule has 0 amide bonds. The van der Waals surface area contributed by atoms with Crippen LogP contribution in [-0.2, 0) is 13.0 Å². The second kappa shape index (κ2) is 6.01. The molecule has 0 unspecified atom stereocenters. The molecule has 2 aromatic heterocycles. The molecule has 0 radical (unpaired) electrons. The highest BCUT2D eigenvalue weighted by molar-refractivity contribution is 5.86. The Morgan fingerprint density at radius 1 is 1.40 bits per heavy atom. The molecule has 2 rings (SSSR count). The molecular formula is C16H21N3O. The molecule has 0 bridgehead atoms. The zero-order valence-corrected chi connectivity index (χ0v) is 12.4. The lowest BCUT2D eigenvalue weighted by molar-refractivity contribution is 0.380. The van der Waals surface area contributed by atoms with Crippen molar-refractivity contribution < 1.29 is 0 Å². The highest BCUT2D eigenvalue weighted by Crippen LogP contribution is 2.20. The number of pyridine rings is 2. The summed E-state index contributed by atoms with van der Waals surface area (Å²) in [5, 5.41) is 1.68. The van der Waals surface area contributed by atoms with Gasteiger partial charge in [-0.3, -0.25) is 9.78 Å². The maximum absolute atomic E-state index is 12.6. The molecule has 2 heterocycles. The van der Waals surface area contributed by atoms with E-state index in [9.17, 15) is 4.79 Å². The molecule has 2 aromatic rings. The van der Waals surface area contributed by atoms with Crippen LogP contribution in [0.15, 0.2) is 29.8 Å². The first-order chi connectivity index (χ1) is 9.60. The number of fused-ring (bicyclic) bond motifs is 1. The molecule has 0 atom stereocenters. The van der Waals surface area contributed by atoms with Crippen LogP contribution in [0.25, 0.3) is 16.8 Å². The predicted octanol–water partition coefficient (Wildman–Crippen LogP) is 2.16. The van der Waals surface area contributed by atoms with Gasteiger partial charge in [0.1, 0.15) is 0 Å². The predicted molar refractivity (Wildman–Crippen MR) is 84.0 cm³/mol. The number of likely N-dealkylation sites (N-methyl/N-ethyl adjacent to an activating group) is 1. The summed E-state index contributed by atoms with van der Waals surface area (Å²) >= 11 is 0. The van der Waals surface area contributed by atoms with Crippen LogP contribution in [0.5, 0.6) is 0 Å². The van der Waals surface area contributed by atoms with Crippen molar-refractivity contribution in [2.45, 2.75) is 19.9 Å². The summed E-state index contributed by atoms with van der Waals surface area (Å²) in [6.07, 6.45) is 6.05. The Balaban J connectivity index is 2.75. The van der Waals surface area contributed by atoms with Crippen LogP contribution < -0.4 is 5.56 Å². The molecule has 0 saturated heterocycles. The van der Waals surface area contributed by atoms with Crippen LogP contribution in [0.2, 0.25) is 0 Å². The van der Waals surface area contributed by atoms with Gasteiger partial charge in [0.2, 0.25) is 0 Å². The van der Waals surface area contributed by atoms with Crippen LogP contribution in [-0.4, -0.2) is 35.1 Å². The number of hydrogen-bond donors (Lipinski definition) is 0. The Morgan fingerprint density at radius 2 is 2.15 bits per heavy atom. The van der Waals surface area contributed by atoms with E-state index in [0.29, 0.717) is 11.9 Å². The van der Waals surface area contributed by atoms with Crippen molar-refractivity contribution in [3.8, 4) is 0 Å². The van der Waals surface area contributed by atoms with Gasteiger partial charge in [-0.25, -0.2) is 0 Å². The summed E-state index contributed by atoms with van der Waals surface area (Å²) in [6, 6.07) is 1.92. The Morgan fingerprint density at radius 3 is 2.75 bits per heavy atom. The van der Waals surface area contributed by atoms with E-state index in [1.165, 1.54) is 0 Å². The first-order valence-corrected chi connectivity index (χ1v) is 6.86. The molecule has 0 spiro atoms. The van der Waals surface area contributed by atoms with E-state index in [4.69, 9.17) is 0 Å². The molecule has 4 nitrogen and oxygen atoms in total. The third kappa shape index (κ3) is 2.51. The number of aryl methyl sites for hydroxylation is 1. The quantitative estimate of drug-likeness (QED) is 0.836. The standard InChI is InChI=1S/C16H21N3O/c1-5-12-13-7-8-17-11-14(13)16(20)19(15(12)6-2)10-9-18(3)4/h6-8,11H,2,5,9-10H2,1,3-4H3. The van der Waals surface area contributed by atoms with Crippen LogP contribution in [0.1, 0.15) is 18.2 Å². The van der Waals surface area contributed by atoms with Gasteiger partial charge < -0.3 is 9.47 Å². The Bertz CT molecular complexity index is 686. The maximum Gasteiger partial charge on any atom is 0.260 e. The Labute approximate surface area is 119 Å². The average Bonchev–Trinajstić information content (AvgIpc) is 2.45. The second-order valence-electron chi connectivity index (χ2n) is 5.10. The molecule has 0 aromatic carbocycles. The van der Waals surface area contributed by atoms with Gasteiger partial charge in [-0.2, -0.15) is 0 Å². The van der Waals surface area contributed by atoms with Crippen molar-refractivity contribution in [1.29, 1.82) is 0 Å². The van der Waals surface area contributed by atoms with Gasteiger partial charge in [0.25, 0.3) is 5.56 Å². The van der Waals surface area contributed by atoms with Gasteiger partial charge in [0.05, 0.1) is 5.39 Å². The topological polar surface area (TPSA) is 38.1 Å². The lowest BCUT2D eigenvalue weighted by atomic mass is 10.0. The Hall–Kier alpha value is -1.94. The fraction of sp³-hybridized carbons (Fsp3) is 0.375. The molecule has 0 fully saturated rings. The van der Waals surface area contributed by atoms with Gasteiger partial charge in [0.15, 0.2) is 0 Å². The normalized spacial score (nSPS) is 11.2. The van der Waals surface area contributed by atoms with Gasteiger partial charge in [-0.15, -0.1) is 0 Å². The number of aromatic nitrogens is 2. The lowest BCUT2D eigenvalue weighted by Crippen LogP contribution is -2.29. The van der Waals surface area contributed by atoms with Crippen LogP contribution >= 0.6 is 0 Å². The molecular weight excluding hydrogens is 250 g/mol. The lowest BCUT2D eigenvalue weighted by Gasteiger charge is -2.18. The van der Waals surface area contributed by atoms with E-state index in [2.05, 4.69) is 23.4 Å². The first kappa shape index (κ1) is 14.5. The van der Waals surface area contributed by atoms with Crippen molar-refractivity contribution in [2.24, 2.45) is 0 Å². The van der Waals surface area contributed by atoms with E-state index in [0.717, 1.165) is 29.6 Å². The Kier molecular flexibility index (Phi) is 4.35. The van der Waals surface area contributed by atoms with Crippen molar-refractivity contribution in [3.05, 3.63) is 46.7 Å².